The highest BCUT2D eigenvalue weighted by Crippen LogP contribution is 2.24. The van der Waals surface area contributed by atoms with Crippen molar-refractivity contribution in [3.63, 3.8) is 0 Å². The van der Waals surface area contributed by atoms with Gasteiger partial charge in [0, 0.05) is 38.2 Å². The zero-order valence-corrected chi connectivity index (χ0v) is 17.3. The van der Waals surface area contributed by atoms with E-state index in [-0.39, 0.29) is 16.8 Å². The molecule has 1 amide bonds. The number of pyridine rings is 1. The van der Waals surface area contributed by atoms with Crippen LogP contribution in [0.25, 0.3) is 0 Å². The molecule has 1 aliphatic rings. The lowest BCUT2D eigenvalue weighted by Gasteiger charge is -2.33. The Hall–Kier alpha value is -2.25. The molecular weight excluding hydrogens is 398 g/mol. The zero-order chi connectivity index (χ0) is 21.0. The molecular formula is C21H25ClF2N4O. The van der Waals surface area contributed by atoms with Gasteiger partial charge in [0.05, 0.1) is 10.7 Å². The van der Waals surface area contributed by atoms with Crippen molar-refractivity contribution in [2.24, 2.45) is 5.92 Å². The van der Waals surface area contributed by atoms with E-state index in [1.54, 1.807) is 11.9 Å². The Labute approximate surface area is 174 Å². The van der Waals surface area contributed by atoms with Crippen molar-refractivity contribution in [1.82, 2.24) is 15.2 Å². The molecule has 0 saturated carbocycles. The standard InChI is InChI=1S/C21H25ClF2N4O/c1-13-3-5-16(27-20(13)25-2)12-26-19(24)14-7-9-28(10-8-14)21(29)15-4-6-18(23)17(22)11-15/h3-6,11,14,19,26H,7-10,12H2,1-2H3,(H,25,27). The number of anilines is 1. The molecule has 1 saturated heterocycles. The van der Waals surface area contributed by atoms with Crippen LogP contribution < -0.4 is 10.6 Å². The van der Waals surface area contributed by atoms with Crippen LogP contribution in [0.5, 0.6) is 0 Å². The molecule has 3 rings (SSSR count). The molecule has 156 valence electrons. The highest BCUT2D eigenvalue weighted by molar-refractivity contribution is 6.31. The summed E-state index contributed by atoms with van der Waals surface area (Å²) in [5.74, 6) is -0.159. The molecule has 29 heavy (non-hydrogen) atoms. The van der Waals surface area contributed by atoms with Crippen molar-refractivity contribution in [3.8, 4) is 0 Å². The van der Waals surface area contributed by atoms with Gasteiger partial charge in [0.2, 0.25) is 0 Å². The van der Waals surface area contributed by atoms with Gasteiger partial charge in [0.1, 0.15) is 11.6 Å². The molecule has 1 aromatic carbocycles. The van der Waals surface area contributed by atoms with Crippen LogP contribution in [0.4, 0.5) is 14.6 Å². The maximum atomic E-state index is 14.7. The van der Waals surface area contributed by atoms with Gasteiger partial charge in [0.15, 0.2) is 6.30 Å². The van der Waals surface area contributed by atoms with Crippen molar-refractivity contribution in [2.75, 3.05) is 25.5 Å². The fraction of sp³-hybridized carbons (Fsp3) is 0.429. The summed E-state index contributed by atoms with van der Waals surface area (Å²) >= 11 is 5.76. The van der Waals surface area contributed by atoms with E-state index in [2.05, 4.69) is 15.6 Å². The van der Waals surface area contributed by atoms with Crippen LogP contribution in [0.2, 0.25) is 5.02 Å². The average molecular weight is 423 g/mol. The van der Waals surface area contributed by atoms with E-state index < -0.39 is 12.1 Å². The van der Waals surface area contributed by atoms with Crippen LogP contribution in [-0.2, 0) is 6.54 Å². The Morgan fingerprint density at radius 2 is 2.03 bits per heavy atom. The highest BCUT2D eigenvalue weighted by Gasteiger charge is 2.29. The summed E-state index contributed by atoms with van der Waals surface area (Å²) in [5, 5.41) is 5.85. The first-order valence-corrected chi connectivity index (χ1v) is 10.0. The number of aromatic nitrogens is 1. The number of aryl methyl sites for hydroxylation is 1. The average Bonchev–Trinajstić information content (AvgIpc) is 2.74. The smallest absolute Gasteiger partial charge is 0.253 e. The topological polar surface area (TPSA) is 57.3 Å². The number of halogens is 3. The van der Waals surface area contributed by atoms with Gasteiger partial charge in [-0.25, -0.2) is 13.8 Å². The summed E-state index contributed by atoms with van der Waals surface area (Å²) in [6, 6.07) is 7.77. The van der Waals surface area contributed by atoms with E-state index >= 15 is 0 Å². The Balaban J connectivity index is 1.50. The third kappa shape index (κ3) is 5.22. The van der Waals surface area contributed by atoms with Crippen molar-refractivity contribution in [3.05, 3.63) is 58.0 Å². The third-order valence-electron chi connectivity index (χ3n) is 5.28. The molecule has 8 heteroatoms. The lowest BCUT2D eigenvalue weighted by molar-refractivity contribution is 0.0596. The summed E-state index contributed by atoms with van der Waals surface area (Å²) in [7, 11) is 1.81. The monoisotopic (exact) mass is 422 g/mol. The molecule has 1 aliphatic heterocycles. The molecule has 1 aromatic heterocycles. The lowest BCUT2D eigenvalue weighted by Crippen LogP contribution is -2.43. The number of carbonyl (C=O) groups excluding carboxylic acids is 1. The Morgan fingerprint density at radius 1 is 1.31 bits per heavy atom. The van der Waals surface area contributed by atoms with Gasteiger partial charge in [-0.15, -0.1) is 0 Å². The normalized spacial score (nSPS) is 16.0. The fourth-order valence-electron chi connectivity index (χ4n) is 3.50. The number of nitrogens with zero attached hydrogens (tertiary/aromatic N) is 2. The SMILES string of the molecule is CNc1nc(CNC(F)C2CCN(C(=O)c3ccc(F)c(Cl)c3)CC2)ccc1C. The number of hydrogen-bond acceptors (Lipinski definition) is 4. The minimum absolute atomic E-state index is 0.0788. The number of benzene rings is 1. The molecule has 5 nitrogen and oxygen atoms in total. The second-order valence-electron chi connectivity index (χ2n) is 7.26. The summed E-state index contributed by atoms with van der Waals surface area (Å²) in [4.78, 5) is 18.7. The molecule has 2 N–H and O–H groups in total. The van der Waals surface area contributed by atoms with Gasteiger partial charge in [-0.2, -0.15) is 0 Å². The Bertz CT molecular complexity index is 872. The van der Waals surface area contributed by atoms with Gasteiger partial charge in [-0.05, 0) is 49.6 Å². The fourth-order valence-corrected chi connectivity index (χ4v) is 3.68. The van der Waals surface area contributed by atoms with E-state index in [1.165, 1.54) is 18.2 Å². The first-order chi connectivity index (χ1) is 13.9. The highest BCUT2D eigenvalue weighted by atomic mass is 35.5. The summed E-state index contributed by atoms with van der Waals surface area (Å²) in [6.07, 6.45) is -0.0655. The van der Waals surface area contributed by atoms with Crippen molar-refractivity contribution in [2.45, 2.75) is 32.6 Å². The van der Waals surface area contributed by atoms with Crippen LogP contribution in [-0.4, -0.2) is 42.2 Å². The number of carbonyl (C=O) groups is 1. The van der Waals surface area contributed by atoms with Crippen molar-refractivity contribution >= 4 is 23.3 Å². The first-order valence-electron chi connectivity index (χ1n) is 9.65. The largest absolute Gasteiger partial charge is 0.373 e. The number of alkyl halides is 1. The number of hydrogen-bond donors (Lipinski definition) is 2. The van der Waals surface area contributed by atoms with Crippen LogP contribution >= 0.6 is 11.6 Å². The van der Waals surface area contributed by atoms with E-state index in [0.29, 0.717) is 38.0 Å². The molecule has 2 aromatic rings. The number of piperidine rings is 1. The van der Waals surface area contributed by atoms with E-state index in [0.717, 1.165) is 17.1 Å². The Morgan fingerprint density at radius 3 is 2.69 bits per heavy atom. The molecule has 0 spiro atoms. The summed E-state index contributed by atoms with van der Waals surface area (Å²) < 4.78 is 28.0. The number of amides is 1. The minimum atomic E-state index is -1.17. The van der Waals surface area contributed by atoms with E-state index in [4.69, 9.17) is 11.6 Å². The predicted octanol–water partition coefficient (Wildman–Crippen LogP) is 4.16. The van der Waals surface area contributed by atoms with E-state index in [1.807, 2.05) is 19.1 Å². The molecule has 0 bridgehead atoms. The van der Waals surface area contributed by atoms with Crippen molar-refractivity contribution in [1.29, 1.82) is 0 Å². The molecule has 0 aliphatic carbocycles. The lowest BCUT2D eigenvalue weighted by atomic mass is 9.95. The molecule has 1 unspecified atom stereocenters. The summed E-state index contributed by atoms with van der Waals surface area (Å²) in [6.45, 7) is 3.20. The zero-order valence-electron chi connectivity index (χ0n) is 16.5. The number of nitrogens with one attached hydrogen (secondary N) is 2. The van der Waals surface area contributed by atoms with Gasteiger partial charge >= 0.3 is 0 Å². The molecule has 1 fully saturated rings. The quantitative estimate of drug-likeness (QED) is 0.686. The van der Waals surface area contributed by atoms with Gasteiger partial charge in [-0.1, -0.05) is 17.7 Å². The van der Waals surface area contributed by atoms with Crippen LogP contribution in [0, 0.1) is 18.7 Å². The van der Waals surface area contributed by atoms with Gasteiger partial charge in [-0.3, -0.25) is 10.1 Å². The molecule has 0 radical (unpaired) electrons. The van der Waals surface area contributed by atoms with Gasteiger partial charge < -0.3 is 10.2 Å². The Kier molecular flexibility index (Phi) is 7.03. The third-order valence-corrected chi connectivity index (χ3v) is 5.57. The second-order valence-corrected chi connectivity index (χ2v) is 7.67. The maximum absolute atomic E-state index is 14.7. The summed E-state index contributed by atoms with van der Waals surface area (Å²) in [5.41, 5.74) is 2.14. The van der Waals surface area contributed by atoms with Crippen molar-refractivity contribution < 1.29 is 13.6 Å². The van der Waals surface area contributed by atoms with Crippen LogP contribution in [0.3, 0.4) is 0 Å². The minimum Gasteiger partial charge on any atom is -0.373 e. The molecule has 1 atom stereocenters. The van der Waals surface area contributed by atoms with Crippen LogP contribution in [0.15, 0.2) is 30.3 Å². The molecule has 2 heterocycles. The number of likely N-dealkylation sites (tertiary alicyclic amines) is 1. The second kappa shape index (κ2) is 9.50. The first kappa shape index (κ1) is 21.5. The van der Waals surface area contributed by atoms with Gasteiger partial charge in [0.25, 0.3) is 5.91 Å². The predicted molar refractivity (Wildman–Crippen MR) is 110 cm³/mol. The van der Waals surface area contributed by atoms with E-state index in [9.17, 15) is 13.6 Å². The maximum Gasteiger partial charge on any atom is 0.253 e. The number of rotatable bonds is 6. The van der Waals surface area contributed by atoms with Crippen LogP contribution in [0.1, 0.15) is 34.5 Å².